The molecule has 1 aromatic heterocycles. The van der Waals surface area contributed by atoms with E-state index in [1.54, 1.807) is 6.20 Å². The number of anilines is 1. The Morgan fingerprint density at radius 1 is 1.50 bits per heavy atom. The zero-order valence-corrected chi connectivity index (χ0v) is 12.3. The number of hydrogen-bond acceptors (Lipinski definition) is 5. The molecule has 0 aromatic carbocycles. The van der Waals surface area contributed by atoms with Gasteiger partial charge in [0.1, 0.15) is 5.82 Å². The zero-order chi connectivity index (χ0) is 14.2. The number of morpholine rings is 1. The minimum atomic E-state index is 0.0424. The predicted molar refractivity (Wildman–Crippen MR) is 80.8 cm³/mol. The summed E-state index contributed by atoms with van der Waals surface area (Å²) >= 11 is 0. The van der Waals surface area contributed by atoms with E-state index in [1.807, 2.05) is 0 Å². The number of nitrogens with zero attached hydrogens (tertiary/aromatic N) is 3. The van der Waals surface area contributed by atoms with Crippen molar-refractivity contribution in [3.05, 3.63) is 17.8 Å². The number of ether oxygens (including phenoxy) is 1. The van der Waals surface area contributed by atoms with Gasteiger partial charge in [0.25, 0.3) is 0 Å². The molecular weight excluding hydrogens is 253 g/mol. The van der Waals surface area contributed by atoms with E-state index in [1.165, 1.54) is 18.4 Å². The predicted octanol–water partition coefficient (Wildman–Crippen LogP) is -0.518. The third-order valence-corrected chi connectivity index (χ3v) is 4.02. The van der Waals surface area contributed by atoms with Gasteiger partial charge in [-0.2, -0.15) is 0 Å². The van der Waals surface area contributed by atoms with Crippen molar-refractivity contribution in [3.63, 3.8) is 0 Å². The molecule has 108 valence electrons. The monoisotopic (exact) mass is 275 g/mol. The molecule has 2 aliphatic rings. The Balaban J connectivity index is 1.86. The van der Waals surface area contributed by atoms with Gasteiger partial charge in [-0.05, 0) is 32.4 Å². The second kappa shape index (κ2) is 5.35. The van der Waals surface area contributed by atoms with E-state index in [4.69, 9.17) is 4.74 Å². The van der Waals surface area contributed by atoms with E-state index in [9.17, 15) is 5.02 Å². The van der Waals surface area contributed by atoms with Crippen LogP contribution in [0.25, 0.3) is 0 Å². The Bertz CT molecular complexity index is 491. The van der Waals surface area contributed by atoms with Crippen LogP contribution in [-0.4, -0.2) is 61.8 Å². The van der Waals surface area contributed by atoms with Gasteiger partial charge in [-0.3, -0.25) is 0 Å². The SMILES string of the molecule is CN(C)Cc1cc(BO)cnc1N1CCOC2(CC2)C1. The highest BCUT2D eigenvalue weighted by molar-refractivity contribution is 6.45. The van der Waals surface area contributed by atoms with Gasteiger partial charge in [-0.15, -0.1) is 0 Å². The maximum Gasteiger partial charge on any atom is 0.306 e. The van der Waals surface area contributed by atoms with E-state index in [0.29, 0.717) is 0 Å². The summed E-state index contributed by atoms with van der Waals surface area (Å²) in [7, 11) is 4.15. The lowest BCUT2D eigenvalue weighted by molar-refractivity contribution is 0.0203. The summed E-state index contributed by atoms with van der Waals surface area (Å²) in [6.45, 7) is 3.46. The summed E-state index contributed by atoms with van der Waals surface area (Å²) in [5.41, 5.74) is 2.16. The summed E-state index contributed by atoms with van der Waals surface area (Å²) in [5.74, 6) is 1.05. The summed E-state index contributed by atoms with van der Waals surface area (Å²) in [5, 5.41) is 9.30. The van der Waals surface area contributed by atoms with Gasteiger partial charge in [0, 0.05) is 31.4 Å². The molecule has 0 radical (unpaired) electrons. The molecule has 1 N–H and O–H groups in total. The average molecular weight is 275 g/mol. The number of pyridine rings is 1. The van der Waals surface area contributed by atoms with Crippen LogP contribution in [0.2, 0.25) is 0 Å². The molecular formula is C14H22BN3O2. The van der Waals surface area contributed by atoms with Crippen LogP contribution in [-0.2, 0) is 11.3 Å². The van der Waals surface area contributed by atoms with E-state index in [0.717, 1.165) is 37.5 Å². The summed E-state index contributed by atoms with van der Waals surface area (Å²) < 4.78 is 5.87. The van der Waals surface area contributed by atoms with E-state index in [2.05, 4.69) is 34.9 Å². The molecule has 6 heteroatoms. The molecule has 2 heterocycles. The fourth-order valence-corrected chi connectivity index (χ4v) is 2.85. The molecule has 5 nitrogen and oxygen atoms in total. The van der Waals surface area contributed by atoms with Gasteiger partial charge in [-0.1, -0.05) is 6.07 Å². The molecule has 0 unspecified atom stereocenters. The minimum Gasteiger partial charge on any atom is -0.449 e. The lowest BCUT2D eigenvalue weighted by Crippen LogP contribution is -2.45. The maximum atomic E-state index is 9.30. The topological polar surface area (TPSA) is 48.8 Å². The highest BCUT2D eigenvalue weighted by Gasteiger charge is 2.47. The van der Waals surface area contributed by atoms with E-state index in [-0.39, 0.29) is 13.1 Å². The van der Waals surface area contributed by atoms with E-state index < -0.39 is 0 Å². The first-order chi connectivity index (χ1) is 9.62. The van der Waals surface area contributed by atoms with Crippen LogP contribution in [0.15, 0.2) is 12.3 Å². The minimum absolute atomic E-state index is 0.0424. The van der Waals surface area contributed by atoms with Crippen LogP contribution < -0.4 is 10.4 Å². The zero-order valence-electron chi connectivity index (χ0n) is 12.3. The van der Waals surface area contributed by atoms with Crippen molar-refractivity contribution in [2.45, 2.75) is 25.0 Å². The second-order valence-corrected chi connectivity index (χ2v) is 6.18. The van der Waals surface area contributed by atoms with Crippen LogP contribution in [0.5, 0.6) is 0 Å². The highest BCUT2D eigenvalue weighted by Crippen LogP contribution is 2.42. The number of rotatable bonds is 4. The van der Waals surface area contributed by atoms with Crippen LogP contribution in [0.4, 0.5) is 5.82 Å². The maximum absolute atomic E-state index is 9.30. The molecule has 1 spiro atoms. The summed E-state index contributed by atoms with van der Waals surface area (Å²) in [6.07, 6.45) is 4.12. The quantitative estimate of drug-likeness (QED) is 0.749. The molecule has 2 fully saturated rings. The Kier molecular flexibility index (Phi) is 3.71. The fourth-order valence-electron chi connectivity index (χ4n) is 2.85. The molecule has 0 atom stereocenters. The first-order valence-corrected chi connectivity index (χ1v) is 7.24. The molecule has 20 heavy (non-hydrogen) atoms. The van der Waals surface area contributed by atoms with Gasteiger partial charge in [0.05, 0.1) is 12.2 Å². The highest BCUT2D eigenvalue weighted by atomic mass is 16.5. The molecule has 0 bridgehead atoms. The van der Waals surface area contributed by atoms with Gasteiger partial charge < -0.3 is 19.6 Å². The average Bonchev–Trinajstić information content (AvgIpc) is 3.17. The lowest BCUT2D eigenvalue weighted by Gasteiger charge is -2.35. The first kappa shape index (κ1) is 13.9. The van der Waals surface area contributed by atoms with Gasteiger partial charge in [0.2, 0.25) is 0 Å². The standard InChI is InChI=1S/C14H22BN3O2/c1-17(2)9-11-7-12(15-19)8-16-13(11)18-5-6-20-14(10-18)3-4-14/h7-8,15,19H,3-6,9-10H2,1-2H3. The largest absolute Gasteiger partial charge is 0.449 e. The number of hydrogen-bond donors (Lipinski definition) is 1. The Morgan fingerprint density at radius 2 is 2.30 bits per heavy atom. The lowest BCUT2D eigenvalue weighted by atomic mass is 9.89. The molecule has 1 aromatic rings. The van der Waals surface area contributed by atoms with Crippen molar-refractivity contribution in [3.8, 4) is 0 Å². The van der Waals surface area contributed by atoms with Crippen LogP contribution >= 0.6 is 0 Å². The van der Waals surface area contributed by atoms with Gasteiger partial charge >= 0.3 is 7.48 Å². The summed E-state index contributed by atoms with van der Waals surface area (Å²) in [6, 6.07) is 2.07. The number of aromatic nitrogens is 1. The third kappa shape index (κ3) is 2.82. The van der Waals surface area contributed by atoms with E-state index >= 15 is 0 Å². The van der Waals surface area contributed by atoms with Gasteiger partial charge in [-0.25, -0.2) is 4.98 Å². The Morgan fingerprint density at radius 3 is 2.95 bits per heavy atom. The molecule has 0 amide bonds. The molecule has 1 saturated carbocycles. The van der Waals surface area contributed by atoms with Crippen LogP contribution in [0.1, 0.15) is 18.4 Å². The van der Waals surface area contributed by atoms with Gasteiger partial charge in [0.15, 0.2) is 0 Å². The third-order valence-electron chi connectivity index (χ3n) is 4.02. The molecule has 1 aliphatic carbocycles. The van der Waals surface area contributed by atoms with Crippen molar-refractivity contribution < 1.29 is 9.76 Å². The second-order valence-electron chi connectivity index (χ2n) is 6.18. The van der Waals surface area contributed by atoms with Crippen LogP contribution in [0.3, 0.4) is 0 Å². The smallest absolute Gasteiger partial charge is 0.306 e. The van der Waals surface area contributed by atoms with Crippen molar-refractivity contribution in [1.82, 2.24) is 9.88 Å². The Labute approximate surface area is 120 Å². The molecule has 3 rings (SSSR count). The van der Waals surface area contributed by atoms with Crippen molar-refractivity contribution in [2.24, 2.45) is 0 Å². The van der Waals surface area contributed by atoms with Crippen LogP contribution in [0, 0.1) is 0 Å². The van der Waals surface area contributed by atoms with Crippen molar-refractivity contribution >= 4 is 18.8 Å². The fraction of sp³-hybridized carbons (Fsp3) is 0.643. The van der Waals surface area contributed by atoms with Crippen molar-refractivity contribution in [2.75, 3.05) is 38.7 Å². The summed E-state index contributed by atoms with van der Waals surface area (Å²) in [4.78, 5) is 9.08. The van der Waals surface area contributed by atoms with Crippen molar-refractivity contribution in [1.29, 1.82) is 0 Å². The normalized spacial score (nSPS) is 20.5. The molecule has 1 aliphatic heterocycles. The molecule has 1 saturated heterocycles. The Hall–Kier alpha value is -1.11. The first-order valence-electron chi connectivity index (χ1n) is 7.24.